The summed E-state index contributed by atoms with van der Waals surface area (Å²) in [4.78, 5) is 0. The third-order valence-electron chi connectivity index (χ3n) is 3.18. The van der Waals surface area contributed by atoms with Gasteiger partial charge in [0.15, 0.2) is 0 Å². The van der Waals surface area contributed by atoms with Gasteiger partial charge in [0.2, 0.25) is 0 Å². The van der Waals surface area contributed by atoms with Crippen LogP contribution in [0, 0.1) is 5.92 Å². The number of nitrogens with two attached hydrogens (primary N) is 1. The van der Waals surface area contributed by atoms with Gasteiger partial charge in [-0.15, -0.1) is 0 Å². The van der Waals surface area contributed by atoms with Gasteiger partial charge < -0.3 is 11.1 Å². The molecular formula is C13H27F3N2. The Labute approximate surface area is 109 Å². The predicted octanol–water partition coefficient (Wildman–Crippen LogP) is 3.46. The fourth-order valence-electron chi connectivity index (χ4n) is 2.00. The van der Waals surface area contributed by atoms with Crippen molar-refractivity contribution in [3.8, 4) is 0 Å². The molecular weight excluding hydrogens is 241 g/mol. The topological polar surface area (TPSA) is 38.0 Å². The Morgan fingerprint density at radius 3 is 2.28 bits per heavy atom. The lowest BCUT2D eigenvalue weighted by Gasteiger charge is -2.13. The summed E-state index contributed by atoms with van der Waals surface area (Å²) in [6.07, 6.45) is 0.617. The monoisotopic (exact) mass is 268 g/mol. The normalized spacial score (nSPS) is 13.8. The Morgan fingerprint density at radius 1 is 1.06 bits per heavy atom. The molecule has 0 heterocycles. The van der Waals surface area contributed by atoms with Crippen molar-refractivity contribution in [3.63, 3.8) is 0 Å². The van der Waals surface area contributed by atoms with Gasteiger partial charge in [-0.1, -0.05) is 13.3 Å². The molecule has 0 aromatic carbocycles. The van der Waals surface area contributed by atoms with Crippen LogP contribution in [0.1, 0.15) is 51.9 Å². The first-order valence-corrected chi connectivity index (χ1v) is 6.97. The lowest BCUT2D eigenvalue weighted by molar-refractivity contribution is -0.135. The molecule has 0 aliphatic heterocycles. The first-order valence-electron chi connectivity index (χ1n) is 6.97. The summed E-state index contributed by atoms with van der Waals surface area (Å²) in [7, 11) is 0. The smallest absolute Gasteiger partial charge is 0.330 e. The van der Waals surface area contributed by atoms with Crippen LogP contribution in [0.2, 0.25) is 0 Å². The molecule has 1 unspecified atom stereocenters. The summed E-state index contributed by atoms with van der Waals surface area (Å²) < 4.78 is 35.6. The zero-order chi connectivity index (χ0) is 13.9. The van der Waals surface area contributed by atoms with Crippen LogP contribution in [-0.4, -0.2) is 25.8 Å². The average Bonchev–Trinajstić information content (AvgIpc) is 2.29. The molecule has 5 heteroatoms. The third kappa shape index (κ3) is 12.2. The summed E-state index contributed by atoms with van der Waals surface area (Å²) in [6.45, 7) is 4.49. The molecule has 0 amide bonds. The Balaban J connectivity index is 3.25. The molecule has 110 valence electrons. The van der Waals surface area contributed by atoms with E-state index >= 15 is 0 Å². The predicted molar refractivity (Wildman–Crippen MR) is 69.5 cm³/mol. The SMILES string of the molecule is CCC(CCN)CCCNCCCCC(F)(F)F. The highest BCUT2D eigenvalue weighted by molar-refractivity contribution is 4.60. The highest BCUT2D eigenvalue weighted by Gasteiger charge is 2.25. The van der Waals surface area contributed by atoms with Crippen LogP contribution < -0.4 is 11.1 Å². The van der Waals surface area contributed by atoms with Crippen LogP contribution in [0.5, 0.6) is 0 Å². The van der Waals surface area contributed by atoms with Gasteiger partial charge in [-0.2, -0.15) is 13.2 Å². The van der Waals surface area contributed by atoms with E-state index in [-0.39, 0.29) is 6.42 Å². The number of halogens is 3. The maximum Gasteiger partial charge on any atom is 0.389 e. The zero-order valence-corrected chi connectivity index (χ0v) is 11.4. The van der Waals surface area contributed by atoms with Gasteiger partial charge in [0.1, 0.15) is 0 Å². The number of nitrogens with one attached hydrogen (secondary N) is 1. The van der Waals surface area contributed by atoms with E-state index in [1.807, 2.05) is 0 Å². The van der Waals surface area contributed by atoms with Gasteiger partial charge in [-0.3, -0.25) is 0 Å². The maximum atomic E-state index is 11.9. The van der Waals surface area contributed by atoms with Crippen LogP contribution in [0.3, 0.4) is 0 Å². The molecule has 0 rings (SSSR count). The zero-order valence-electron chi connectivity index (χ0n) is 11.4. The summed E-state index contributed by atoms with van der Waals surface area (Å²) in [6, 6.07) is 0. The lowest BCUT2D eigenvalue weighted by Crippen LogP contribution is -2.18. The molecule has 0 saturated carbocycles. The minimum atomic E-state index is -4.00. The second-order valence-electron chi connectivity index (χ2n) is 4.82. The molecule has 0 saturated heterocycles. The van der Waals surface area contributed by atoms with Crippen molar-refractivity contribution < 1.29 is 13.2 Å². The molecule has 2 nitrogen and oxygen atoms in total. The molecule has 0 aliphatic rings. The molecule has 0 bridgehead atoms. The molecule has 0 aromatic rings. The largest absolute Gasteiger partial charge is 0.389 e. The molecule has 0 aliphatic carbocycles. The van der Waals surface area contributed by atoms with E-state index in [4.69, 9.17) is 5.73 Å². The second kappa shape index (κ2) is 10.6. The van der Waals surface area contributed by atoms with E-state index in [1.165, 1.54) is 0 Å². The third-order valence-corrected chi connectivity index (χ3v) is 3.18. The molecule has 1 atom stereocenters. The van der Waals surface area contributed by atoms with E-state index in [1.54, 1.807) is 0 Å². The van der Waals surface area contributed by atoms with Crippen molar-refractivity contribution in [2.24, 2.45) is 11.7 Å². The van der Waals surface area contributed by atoms with Gasteiger partial charge in [0, 0.05) is 6.42 Å². The van der Waals surface area contributed by atoms with E-state index in [0.29, 0.717) is 18.9 Å². The number of rotatable bonds is 11. The molecule has 3 N–H and O–H groups in total. The summed E-state index contributed by atoms with van der Waals surface area (Å²) >= 11 is 0. The fourth-order valence-corrected chi connectivity index (χ4v) is 2.00. The number of unbranched alkanes of at least 4 members (excludes halogenated alkanes) is 1. The van der Waals surface area contributed by atoms with Gasteiger partial charge in [-0.25, -0.2) is 0 Å². The molecule has 18 heavy (non-hydrogen) atoms. The van der Waals surface area contributed by atoms with Crippen molar-refractivity contribution >= 4 is 0 Å². The highest BCUT2D eigenvalue weighted by atomic mass is 19.4. The van der Waals surface area contributed by atoms with E-state index in [2.05, 4.69) is 12.2 Å². The summed E-state index contributed by atoms with van der Waals surface area (Å²) in [5.74, 6) is 0.696. The van der Waals surface area contributed by atoms with Crippen LogP contribution in [-0.2, 0) is 0 Å². The molecule has 0 spiro atoms. The van der Waals surface area contributed by atoms with Crippen molar-refractivity contribution in [2.75, 3.05) is 19.6 Å². The van der Waals surface area contributed by atoms with Gasteiger partial charge >= 0.3 is 6.18 Å². The van der Waals surface area contributed by atoms with Crippen LogP contribution >= 0.6 is 0 Å². The molecule has 0 aromatic heterocycles. The fraction of sp³-hybridized carbons (Fsp3) is 1.00. The van der Waals surface area contributed by atoms with Crippen molar-refractivity contribution in [3.05, 3.63) is 0 Å². The van der Waals surface area contributed by atoms with E-state index in [9.17, 15) is 13.2 Å². The van der Waals surface area contributed by atoms with Crippen LogP contribution in [0.4, 0.5) is 13.2 Å². The first-order chi connectivity index (χ1) is 8.49. The molecule has 0 radical (unpaired) electrons. The maximum absolute atomic E-state index is 11.9. The van der Waals surface area contributed by atoms with Gasteiger partial charge in [0.25, 0.3) is 0 Å². The Kier molecular flexibility index (Phi) is 10.4. The summed E-state index contributed by atoms with van der Waals surface area (Å²) in [5.41, 5.74) is 5.52. The highest BCUT2D eigenvalue weighted by Crippen LogP contribution is 2.21. The first kappa shape index (κ1) is 17.7. The van der Waals surface area contributed by atoms with Gasteiger partial charge in [-0.05, 0) is 57.7 Å². The van der Waals surface area contributed by atoms with Crippen molar-refractivity contribution in [1.82, 2.24) is 5.32 Å². The number of hydrogen-bond acceptors (Lipinski definition) is 2. The number of hydrogen-bond donors (Lipinski definition) is 2. The standard InChI is InChI=1S/C13H27F3N2/c1-2-12(7-9-17)6-5-11-18-10-4-3-8-13(14,15)16/h12,18H,2-11,17H2,1H3. The Bertz CT molecular complexity index is 184. The minimum absolute atomic E-state index is 0.223. The van der Waals surface area contributed by atoms with Crippen LogP contribution in [0.15, 0.2) is 0 Å². The van der Waals surface area contributed by atoms with E-state index < -0.39 is 12.6 Å². The lowest BCUT2D eigenvalue weighted by atomic mass is 9.97. The average molecular weight is 268 g/mol. The Hall–Kier alpha value is -0.290. The summed E-state index contributed by atoms with van der Waals surface area (Å²) in [5, 5.41) is 3.19. The van der Waals surface area contributed by atoms with Gasteiger partial charge in [0.05, 0.1) is 0 Å². The number of alkyl halides is 3. The molecule has 0 fully saturated rings. The van der Waals surface area contributed by atoms with Crippen LogP contribution in [0.25, 0.3) is 0 Å². The Morgan fingerprint density at radius 2 is 1.72 bits per heavy atom. The quantitative estimate of drug-likeness (QED) is 0.563. The minimum Gasteiger partial charge on any atom is -0.330 e. The van der Waals surface area contributed by atoms with Crippen molar-refractivity contribution in [2.45, 2.75) is 58.0 Å². The second-order valence-corrected chi connectivity index (χ2v) is 4.82. The van der Waals surface area contributed by atoms with E-state index in [0.717, 1.165) is 38.8 Å². The van der Waals surface area contributed by atoms with Crippen molar-refractivity contribution in [1.29, 1.82) is 0 Å².